The highest BCUT2D eigenvalue weighted by atomic mass is 32.1. The van der Waals surface area contributed by atoms with Crippen molar-refractivity contribution in [2.45, 2.75) is 26.5 Å². The van der Waals surface area contributed by atoms with E-state index in [9.17, 15) is 13.6 Å². The molecule has 0 aliphatic carbocycles. The van der Waals surface area contributed by atoms with E-state index in [0.717, 1.165) is 27.4 Å². The minimum atomic E-state index is -2.85. The van der Waals surface area contributed by atoms with Crippen LogP contribution in [-0.4, -0.2) is 17.5 Å². The maximum Gasteiger partial charge on any atom is 0.387 e. The molecule has 4 nitrogen and oxygen atoms in total. The third-order valence-electron chi connectivity index (χ3n) is 3.80. The Balaban J connectivity index is 1.52. The number of carbonyl (C=O) groups is 1. The Morgan fingerprint density at radius 1 is 1.22 bits per heavy atom. The van der Waals surface area contributed by atoms with Gasteiger partial charge in [0.15, 0.2) is 0 Å². The summed E-state index contributed by atoms with van der Waals surface area (Å²) < 4.78 is 28.5. The monoisotopic (exact) mass is 388 g/mol. The largest absolute Gasteiger partial charge is 0.435 e. The van der Waals surface area contributed by atoms with Crippen LogP contribution in [0.4, 0.5) is 8.78 Å². The molecule has 27 heavy (non-hydrogen) atoms. The van der Waals surface area contributed by atoms with Crippen molar-refractivity contribution in [3.63, 3.8) is 0 Å². The number of aromatic nitrogens is 1. The molecule has 0 aliphatic rings. The van der Waals surface area contributed by atoms with Crippen LogP contribution in [0.5, 0.6) is 5.75 Å². The fraction of sp³-hybridized carbons (Fsp3) is 0.200. The summed E-state index contributed by atoms with van der Waals surface area (Å²) >= 11 is 1.51. The van der Waals surface area contributed by atoms with Crippen LogP contribution in [0.25, 0.3) is 10.6 Å². The van der Waals surface area contributed by atoms with E-state index in [0.29, 0.717) is 6.54 Å². The van der Waals surface area contributed by atoms with Gasteiger partial charge in [0, 0.05) is 17.5 Å². The highest BCUT2D eigenvalue weighted by Crippen LogP contribution is 2.24. The molecule has 1 aromatic heterocycles. The maximum atomic E-state index is 12.1. The van der Waals surface area contributed by atoms with Gasteiger partial charge in [-0.3, -0.25) is 4.79 Å². The molecule has 1 N–H and O–H groups in total. The topological polar surface area (TPSA) is 51.2 Å². The number of benzene rings is 2. The molecule has 0 radical (unpaired) electrons. The molecule has 7 heteroatoms. The highest BCUT2D eigenvalue weighted by molar-refractivity contribution is 7.13. The Hall–Kier alpha value is -2.80. The molecule has 0 saturated carbocycles. The van der Waals surface area contributed by atoms with Gasteiger partial charge in [-0.15, -0.1) is 11.3 Å². The first-order valence-corrected chi connectivity index (χ1v) is 9.19. The van der Waals surface area contributed by atoms with Gasteiger partial charge in [0.1, 0.15) is 10.8 Å². The van der Waals surface area contributed by atoms with Crippen LogP contribution in [0.1, 0.15) is 16.8 Å². The molecule has 3 aromatic rings. The number of alkyl halides is 2. The van der Waals surface area contributed by atoms with E-state index in [-0.39, 0.29) is 18.1 Å². The Labute approximate surface area is 159 Å². The number of thiazole rings is 1. The lowest BCUT2D eigenvalue weighted by Crippen LogP contribution is -2.24. The molecular weight excluding hydrogens is 370 g/mol. The van der Waals surface area contributed by atoms with Gasteiger partial charge in [-0.2, -0.15) is 8.78 Å². The van der Waals surface area contributed by atoms with Gasteiger partial charge >= 0.3 is 6.61 Å². The third-order valence-corrected chi connectivity index (χ3v) is 4.74. The zero-order valence-electron chi connectivity index (χ0n) is 14.6. The number of ether oxygens (including phenoxy) is 1. The maximum absolute atomic E-state index is 12.1. The fourth-order valence-corrected chi connectivity index (χ4v) is 3.33. The van der Waals surface area contributed by atoms with Crippen molar-refractivity contribution in [3.05, 3.63) is 70.7 Å². The minimum absolute atomic E-state index is 0.0891. The first-order chi connectivity index (χ1) is 13.0. The number of carbonyl (C=O) groups excluding carboxylic acids is 1. The summed E-state index contributed by atoms with van der Waals surface area (Å²) in [6.45, 7) is -0.515. The van der Waals surface area contributed by atoms with E-state index in [1.165, 1.54) is 23.5 Å². The molecule has 0 saturated heterocycles. The highest BCUT2D eigenvalue weighted by Gasteiger charge is 2.10. The van der Waals surface area contributed by atoms with E-state index in [2.05, 4.69) is 21.1 Å². The molecule has 0 atom stereocenters. The molecule has 0 fully saturated rings. The number of nitrogens with zero attached hydrogens (tertiary/aromatic N) is 1. The van der Waals surface area contributed by atoms with Gasteiger partial charge in [-0.1, -0.05) is 35.9 Å². The van der Waals surface area contributed by atoms with Crippen LogP contribution < -0.4 is 10.1 Å². The number of halogens is 2. The lowest BCUT2D eigenvalue weighted by Gasteiger charge is -2.07. The summed E-state index contributed by atoms with van der Waals surface area (Å²) in [5.74, 6) is -0.0600. The fourth-order valence-electron chi connectivity index (χ4n) is 2.52. The molecule has 0 unspecified atom stereocenters. The Morgan fingerprint density at radius 3 is 2.70 bits per heavy atom. The third kappa shape index (κ3) is 5.59. The molecule has 140 valence electrons. The second-order valence-electron chi connectivity index (χ2n) is 5.99. The van der Waals surface area contributed by atoms with Crippen molar-refractivity contribution < 1.29 is 18.3 Å². The van der Waals surface area contributed by atoms with Crippen LogP contribution in [0.15, 0.2) is 53.9 Å². The molecule has 0 aliphatic heterocycles. The van der Waals surface area contributed by atoms with Gasteiger partial charge in [-0.25, -0.2) is 4.98 Å². The van der Waals surface area contributed by atoms with Crippen LogP contribution >= 0.6 is 11.3 Å². The van der Waals surface area contributed by atoms with Crippen LogP contribution in [0, 0.1) is 6.92 Å². The van der Waals surface area contributed by atoms with E-state index in [4.69, 9.17) is 0 Å². The molecular formula is C20H18F2N2O2S. The van der Waals surface area contributed by atoms with Crippen molar-refractivity contribution >= 4 is 17.2 Å². The number of nitrogens with one attached hydrogen (secondary N) is 1. The zero-order valence-corrected chi connectivity index (χ0v) is 15.4. The van der Waals surface area contributed by atoms with Crippen molar-refractivity contribution in [2.24, 2.45) is 0 Å². The van der Waals surface area contributed by atoms with Crippen molar-refractivity contribution in [1.82, 2.24) is 10.3 Å². The van der Waals surface area contributed by atoms with Gasteiger partial charge < -0.3 is 10.1 Å². The normalized spacial score (nSPS) is 10.8. The molecule has 1 heterocycles. The SMILES string of the molecule is Cc1cccc(-c2nc(CC(=O)NCc3ccc(OC(F)F)cc3)cs2)c1. The van der Waals surface area contributed by atoms with Gasteiger partial charge in [0.05, 0.1) is 12.1 Å². The second kappa shape index (κ2) is 8.73. The van der Waals surface area contributed by atoms with E-state index >= 15 is 0 Å². The predicted molar refractivity (Wildman–Crippen MR) is 101 cm³/mol. The van der Waals surface area contributed by atoms with E-state index in [1.54, 1.807) is 12.1 Å². The van der Waals surface area contributed by atoms with Crippen LogP contribution in [0.3, 0.4) is 0 Å². The first-order valence-electron chi connectivity index (χ1n) is 8.31. The number of aryl methyl sites for hydroxylation is 1. The summed E-state index contributed by atoms with van der Waals surface area (Å²) in [4.78, 5) is 16.7. The molecule has 2 aromatic carbocycles. The Bertz CT molecular complexity index is 910. The second-order valence-corrected chi connectivity index (χ2v) is 6.85. The lowest BCUT2D eigenvalue weighted by molar-refractivity contribution is -0.120. The standard InChI is InChI=1S/C20H18F2N2O2S/c1-13-3-2-4-15(9-13)19-24-16(12-27-19)10-18(25)23-11-14-5-7-17(8-6-14)26-20(21)22/h2-9,12,20H,10-11H2,1H3,(H,23,25). The van der Waals surface area contributed by atoms with Crippen molar-refractivity contribution in [2.75, 3.05) is 0 Å². The smallest absolute Gasteiger partial charge is 0.387 e. The Kier molecular flexibility index (Phi) is 6.13. The van der Waals surface area contributed by atoms with E-state index < -0.39 is 6.61 Å². The van der Waals surface area contributed by atoms with Gasteiger partial charge in [0.25, 0.3) is 0 Å². The Morgan fingerprint density at radius 2 is 2.00 bits per heavy atom. The average molecular weight is 388 g/mol. The molecule has 0 spiro atoms. The summed E-state index contributed by atoms with van der Waals surface area (Å²) in [7, 11) is 0. The summed E-state index contributed by atoms with van der Waals surface area (Å²) in [5.41, 5.74) is 3.71. The van der Waals surface area contributed by atoms with Crippen molar-refractivity contribution in [1.29, 1.82) is 0 Å². The van der Waals surface area contributed by atoms with Crippen LogP contribution in [0.2, 0.25) is 0 Å². The molecule has 0 bridgehead atoms. The summed E-state index contributed by atoms with van der Waals surface area (Å²) in [6, 6.07) is 14.2. The quantitative estimate of drug-likeness (QED) is 0.645. The number of hydrogen-bond acceptors (Lipinski definition) is 4. The summed E-state index contributed by atoms with van der Waals surface area (Å²) in [5, 5.41) is 5.57. The molecule has 1 amide bonds. The minimum Gasteiger partial charge on any atom is -0.435 e. The average Bonchev–Trinajstić information content (AvgIpc) is 3.09. The van der Waals surface area contributed by atoms with Crippen LogP contribution in [-0.2, 0) is 17.8 Å². The zero-order chi connectivity index (χ0) is 19.2. The predicted octanol–water partition coefficient (Wildman–Crippen LogP) is 4.58. The number of hydrogen-bond donors (Lipinski definition) is 1. The number of amides is 1. The number of rotatable bonds is 7. The van der Waals surface area contributed by atoms with Gasteiger partial charge in [-0.05, 0) is 30.7 Å². The lowest BCUT2D eigenvalue weighted by atomic mass is 10.1. The van der Waals surface area contributed by atoms with E-state index in [1.807, 2.05) is 30.5 Å². The summed E-state index contributed by atoms with van der Waals surface area (Å²) in [6.07, 6.45) is 0.189. The molecule has 3 rings (SSSR count). The van der Waals surface area contributed by atoms with Crippen molar-refractivity contribution in [3.8, 4) is 16.3 Å². The first kappa shape index (κ1) is 19.0. The van der Waals surface area contributed by atoms with Gasteiger partial charge in [0.2, 0.25) is 5.91 Å².